The molecule has 3 nitrogen and oxygen atoms in total. The van der Waals surface area contributed by atoms with Gasteiger partial charge in [-0.15, -0.1) is 0 Å². The fourth-order valence-corrected chi connectivity index (χ4v) is 3.80. The van der Waals surface area contributed by atoms with Gasteiger partial charge in [0, 0.05) is 43.5 Å². The summed E-state index contributed by atoms with van der Waals surface area (Å²) < 4.78 is 6.20. The molecule has 0 saturated carbocycles. The maximum atomic E-state index is 5.04. The molecular weight excluding hydrogens is 348 g/mol. The van der Waals surface area contributed by atoms with Crippen LogP contribution in [-0.2, 0) is 11.3 Å². The highest BCUT2D eigenvalue weighted by molar-refractivity contribution is 9.10. The number of hydrogen-bond donors (Lipinski definition) is 1. The monoisotopic (exact) mass is 374 g/mol. The maximum absolute atomic E-state index is 5.04. The number of benzene rings is 1. The lowest BCUT2D eigenvalue weighted by molar-refractivity contribution is 0.199. The molecule has 1 aromatic carbocycles. The molecule has 1 N–H and O–H groups in total. The SMILES string of the molecule is CCC(CSC)N(C)c1ccc(CNCCOC)cc1Br. The minimum absolute atomic E-state index is 0.571. The summed E-state index contributed by atoms with van der Waals surface area (Å²) in [6.07, 6.45) is 3.32. The lowest BCUT2D eigenvalue weighted by atomic mass is 10.1. The lowest BCUT2D eigenvalue weighted by Crippen LogP contribution is -2.33. The summed E-state index contributed by atoms with van der Waals surface area (Å²) in [5.41, 5.74) is 2.55. The third-order valence-corrected chi connectivity index (χ3v) is 4.94. The fraction of sp³-hybridized carbons (Fsp3) is 0.625. The van der Waals surface area contributed by atoms with Gasteiger partial charge in [-0.2, -0.15) is 11.8 Å². The largest absolute Gasteiger partial charge is 0.383 e. The van der Waals surface area contributed by atoms with Gasteiger partial charge in [0.15, 0.2) is 0 Å². The Labute approximate surface area is 141 Å². The zero-order chi connectivity index (χ0) is 15.7. The van der Waals surface area contributed by atoms with Gasteiger partial charge in [-0.3, -0.25) is 0 Å². The number of halogens is 1. The van der Waals surface area contributed by atoms with Gasteiger partial charge in [-0.05, 0) is 46.3 Å². The van der Waals surface area contributed by atoms with Crippen molar-refractivity contribution in [3.63, 3.8) is 0 Å². The van der Waals surface area contributed by atoms with E-state index in [0.717, 1.165) is 36.3 Å². The summed E-state index contributed by atoms with van der Waals surface area (Å²) in [7, 11) is 3.91. The van der Waals surface area contributed by atoms with Crippen LogP contribution < -0.4 is 10.2 Å². The van der Waals surface area contributed by atoms with E-state index < -0.39 is 0 Å². The molecule has 5 heteroatoms. The first-order chi connectivity index (χ1) is 10.1. The average molecular weight is 375 g/mol. The molecule has 1 aromatic rings. The smallest absolute Gasteiger partial charge is 0.0587 e. The summed E-state index contributed by atoms with van der Waals surface area (Å²) >= 11 is 5.62. The maximum Gasteiger partial charge on any atom is 0.0587 e. The molecule has 0 aliphatic rings. The van der Waals surface area contributed by atoms with E-state index in [9.17, 15) is 0 Å². The van der Waals surface area contributed by atoms with E-state index in [4.69, 9.17) is 4.74 Å². The van der Waals surface area contributed by atoms with Crippen LogP contribution >= 0.6 is 27.7 Å². The highest BCUT2D eigenvalue weighted by Crippen LogP contribution is 2.29. The molecule has 0 amide bonds. The Morgan fingerprint density at radius 1 is 1.43 bits per heavy atom. The first-order valence-electron chi connectivity index (χ1n) is 7.33. The first-order valence-corrected chi connectivity index (χ1v) is 9.52. The van der Waals surface area contributed by atoms with Crippen LogP contribution in [0, 0.1) is 0 Å². The molecule has 0 fully saturated rings. The van der Waals surface area contributed by atoms with Crippen LogP contribution in [-0.4, -0.2) is 45.4 Å². The van der Waals surface area contributed by atoms with Crippen molar-refractivity contribution >= 4 is 33.4 Å². The Balaban J connectivity index is 2.68. The van der Waals surface area contributed by atoms with Crippen molar-refractivity contribution in [1.29, 1.82) is 0 Å². The van der Waals surface area contributed by atoms with Crippen molar-refractivity contribution < 1.29 is 4.74 Å². The van der Waals surface area contributed by atoms with E-state index in [2.05, 4.69) is 64.6 Å². The number of nitrogens with one attached hydrogen (secondary N) is 1. The summed E-state index contributed by atoms with van der Waals surface area (Å²) in [6, 6.07) is 7.18. The highest BCUT2D eigenvalue weighted by atomic mass is 79.9. The van der Waals surface area contributed by atoms with E-state index in [0.29, 0.717) is 6.04 Å². The second kappa shape index (κ2) is 10.5. The molecule has 0 saturated heterocycles. The summed E-state index contributed by atoms with van der Waals surface area (Å²) in [6.45, 7) is 4.74. The lowest BCUT2D eigenvalue weighted by Gasteiger charge is -2.30. The second-order valence-electron chi connectivity index (χ2n) is 5.08. The van der Waals surface area contributed by atoms with E-state index >= 15 is 0 Å². The molecule has 0 radical (unpaired) electrons. The molecule has 0 heterocycles. The topological polar surface area (TPSA) is 24.5 Å². The van der Waals surface area contributed by atoms with Gasteiger partial charge in [-0.1, -0.05) is 13.0 Å². The molecule has 120 valence electrons. The molecule has 21 heavy (non-hydrogen) atoms. The van der Waals surface area contributed by atoms with Gasteiger partial charge >= 0.3 is 0 Å². The Morgan fingerprint density at radius 3 is 2.76 bits per heavy atom. The van der Waals surface area contributed by atoms with Crippen LogP contribution in [0.25, 0.3) is 0 Å². The minimum Gasteiger partial charge on any atom is -0.383 e. The van der Waals surface area contributed by atoms with Gasteiger partial charge in [0.25, 0.3) is 0 Å². The highest BCUT2D eigenvalue weighted by Gasteiger charge is 2.15. The van der Waals surface area contributed by atoms with E-state index in [-0.39, 0.29) is 0 Å². The Kier molecular flexibility index (Phi) is 9.40. The van der Waals surface area contributed by atoms with Crippen molar-refractivity contribution in [2.24, 2.45) is 0 Å². The number of anilines is 1. The average Bonchev–Trinajstić information content (AvgIpc) is 2.48. The summed E-state index contributed by atoms with van der Waals surface area (Å²) in [5.74, 6) is 1.15. The number of rotatable bonds is 10. The van der Waals surface area contributed by atoms with Crippen LogP contribution in [0.5, 0.6) is 0 Å². The third-order valence-electron chi connectivity index (χ3n) is 3.58. The van der Waals surface area contributed by atoms with E-state index in [1.165, 1.54) is 11.3 Å². The zero-order valence-electron chi connectivity index (χ0n) is 13.5. The molecule has 0 aliphatic heterocycles. The zero-order valence-corrected chi connectivity index (χ0v) is 15.9. The number of ether oxygens (including phenoxy) is 1. The fourth-order valence-electron chi connectivity index (χ4n) is 2.25. The summed E-state index contributed by atoms with van der Waals surface area (Å²) in [5, 5.41) is 3.37. The molecular formula is C16H27BrN2OS. The van der Waals surface area contributed by atoms with Gasteiger partial charge in [0.05, 0.1) is 12.3 Å². The molecule has 0 spiro atoms. The predicted octanol–water partition coefficient (Wildman–Crippen LogP) is 3.76. The van der Waals surface area contributed by atoms with Crippen molar-refractivity contribution in [2.75, 3.05) is 44.2 Å². The Bertz CT molecular complexity index is 417. The van der Waals surface area contributed by atoms with Gasteiger partial charge in [0.1, 0.15) is 0 Å². The molecule has 0 aliphatic carbocycles. The van der Waals surface area contributed by atoms with Crippen molar-refractivity contribution in [1.82, 2.24) is 5.32 Å². The van der Waals surface area contributed by atoms with Crippen molar-refractivity contribution in [3.8, 4) is 0 Å². The number of nitrogens with zero attached hydrogens (tertiary/aromatic N) is 1. The predicted molar refractivity (Wildman–Crippen MR) is 98.6 cm³/mol. The van der Waals surface area contributed by atoms with Gasteiger partial charge < -0.3 is 15.0 Å². The van der Waals surface area contributed by atoms with Gasteiger partial charge in [0.2, 0.25) is 0 Å². The molecule has 1 atom stereocenters. The minimum atomic E-state index is 0.571. The standard InChI is InChI=1S/C16H27BrN2OS/c1-5-14(12-21-4)19(2)16-7-6-13(10-15(16)17)11-18-8-9-20-3/h6-7,10,14,18H,5,8-9,11-12H2,1-4H3. The van der Waals surface area contributed by atoms with Crippen LogP contribution in [0.1, 0.15) is 18.9 Å². The van der Waals surface area contributed by atoms with Crippen molar-refractivity contribution in [2.45, 2.75) is 25.9 Å². The Hall–Kier alpha value is -0.230. The van der Waals surface area contributed by atoms with Crippen LogP contribution in [0.3, 0.4) is 0 Å². The van der Waals surface area contributed by atoms with Crippen molar-refractivity contribution in [3.05, 3.63) is 28.2 Å². The normalized spacial score (nSPS) is 12.4. The summed E-state index contributed by atoms with van der Waals surface area (Å²) in [4.78, 5) is 2.38. The quantitative estimate of drug-likeness (QED) is 0.630. The van der Waals surface area contributed by atoms with E-state index in [1.54, 1.807) is 7.11 Å². The Morgan fingerprint density at radius 2 is 2.19 bits per heavy atom. The number of hydrogen-bond acceptors (Lipinski definition) is 4. The van der Waals surface area contributed by atoms with Crippen LogP contribution in [0.2, 0.25) is 0 Å². The number of thioether (sulfide) groups is 1. The molecule has 1 unspecified atom stereocenters. The van der Waals surface area contributed by atoms with Gasteiger partial charge in [-0.25, -0.2) is 0 Å². The second-order valence-corrected chi connectivity index (χ2v) is 6.85. The first kappa shape index (κ1) is 18.8. The molecule has 1 rings (SSSR count). The van der Waals surface area contributed by atoms with Crippen LogP contribution in [0.4, 0.5) is 5.69 Å². The molecule has 0 aromatic heterocycles. The number of methoxy groups -OCH3 is 1. The van der Waals surface area contributed by atoms with Crippen LogP contribution in [0.15, 0.2) is 22.7 Å². The van der Waals surface area contributed by atoms with E-state index in [1.807, 2.05) is 11.8 Å². The molecule has 0 bridgehead atoms. The third kappa shape index (κ3) is 6.19.